The molecular weight excluding hydrogens is 256 g/mol. The Morgan fingerprint density at radius 3 is 2.67 bits per heavy atom. The number of rotatable bonds is 4. The van der Waals surface area contributed by atoms with E-state index in [1.165, 1.54) is 0 Å². The second-order valence-electron chi connectivity index (χ2n) is 4.20. The van der Waals surface area contributed by atoms with Crippen molar-refractivity contribution < 1.29 is 0 Å². The van der Waals surface area contributed by atoms with Gasteiger partial charge in [-0.3, -0.25) is 0 Å². The number of hydrogen-bond donors (Lipinski definition) is 2. The summed E-state index contributed by atoms with van der Waals surface area (Å²) in [7, 11) is 0. The summed E-state index contributed by atoms with van der Waals surface area (Å²) in [6.45, 7) is 6.40. The van der Waals surface area contributed by atoms with Gasteiger partial charge in [0.2, 0.25) is 5.95 Å². The van der Waals surface area contributed by atoms with Crippen molar-refractivity contribution in [1.82, 2.24) is 9.97 Å². The molecule has 5 heteroatoms. The van der Waals surface area contributed by atoms with Gasteiger partial charge in [-0.15, -0.1) is 0 Å². The fourth-order valence-electron chi connectivity index (χ4n) is 1.48. The first-order chi connectivity index (χ1) is 6.93. The van der Waals surface area contributed by atoms with Crippen LogP contribution in [0.1, 0.15) is 33.6 Å². The number of nitrogens with two attached hydrogens (primary N) is 1. The van der Waals surface area contributed by atoms with Crippen molar-refractivity contribution >= 4 is 27.7 Å². The molecular formula is C10H17BrN4. The zero-order chi connectivity index (χ0) is 11.5. The van der Waals surface area contributed by atoms with Crippen molar-refractivity contribution in [3.8, 4) is 0 Å². The molecule has 15 heavy (non-hydrogen) atoms. The van der Waals surface area contributed by atoms with Crippen molar-refractivity contribution in [2.75, 3.05) is 11.1 Å². The van der Waals surface area contributed by atoms with Crippen molar-refractivity contribution in [2.45, 2.75) is 39.2 Å². The maximum Gasteiger partial charge on any atom is 0.226 e. The second-order valence-corrected chi connectivity index (χ2v) is 5.01. The fraction of sp³-hybridized carbons (Fsp3) is 0.600. The molecule has 0 aliphatic rings. The molecule has 0 amide bonds. The Labute approximate surface area is 98.8 Å². The first-order valence-corrected chi connectivity index (χ1v) is 5.80. The predicted molar refractivity (Wildman–Crippen MR) is 66.8 cm³/mol. The quantitative estimate of drug-likeness (QED) is 0.828. The molecule has 0 atom stereocenters. The molecule has 4 nitrogen and oxygen atoms in total. The molecule has 0 saturated heterocycles. The minimum Gasteiger partial charge on any atom is -0.383 e. The van der Waals surface area contributed by atoms with Gasteiger partial charge in [0.25, 0.3) is 0 Å². The number of nitrogens with one attached hydrogen (secondary N) is 1. The smallest absolute Gasteiger partial charge is 0.226 e. The molecule has 3 N–H and O–H groups in total. The number of aromatic nitrogens is 2. The maximum atomic E-state index is 5.63. The number of hydrogen-bond acceptors (Lipinski definition) is 4. The van der Waals surface area contributed by atoms with Crippen LogP contribution < -0.4 is 11.1 Å². The highest BCUT2D eigenvalue weighted by Crippen LogP contribution is 2.19. The van der Waals surface area contributed by atoms with Gasteiger partial charge in [-0.05, 0) is 36.2 Å². The van der Waals surface area contributed by atoms with E-state index in [2.05, 4.69) is 52.0 Å². The summed E-state index contributed by atoms with van der Waals surface area (Å²) >= 11 is 3.29. The van der Waals surface area contributed by atoms with Gasteiger partial charge < -0.3 is 11.1 Å². The van der Waals surface area contributed by atoms with Gasteiger partial charge in [-0.1, -0.05) is 13.3 Å². The molecule has 0 saturated carbocycles. The molecule has 1 rings (SSSR count). The van der Waals surface area contributed by atoms with Crippen LogP contribution in [0.5, 0.6) is 0 Å². The van der Waals surface area contributed by atoms with E-state index in [0.717, 1.165) is 12.8 Å². The lowest BCUT2D eigenvalue weighted by molar-refractivity contribution is 0.506. The topological polar surface area (TPSA) is 63.8 Å². The Morgan fingerprint density at radius 2 is 2.13 bits per heavy atom. The van der Waals surface area contributed by atoms with Crippen molar-refractivity contribution in [3.05, 3.63) is 10.7 Å². The number of anilines is 2. The summed E-state index contributed by atoms with van der Waals surface area (Å²) in [4.78, 5) is 8.34. The average Bonchev–Trinajstić information content (AvgIpc) is 1.99. The van der Waals surface area contributed by atoms with Crippen LogP contribution >= 0.6 is 15.9 Å². The first kappa shape index (κ1) is 12.2. The minimum atomic E-state index is -0.0119. The molecule has 0 aliphatic carbocycles. The zero-order valence-corrected chi connectivity index (χ0v) is 10.9. The van der Waals surface area contributed by atoms with Crippen molar-refractivity contribution in [2.24, 2.45) is 0 Å². The average molecular weight is 273 g/mol. The Morgan fingerprint density at radius 1 is 1.47 bits per heavy atom. The van der Waals surface area contributed by atoms with Crippen LogP contribution in [-0.2, 0) is 0 Å². The van der Waals surface area contributed by atoms with Crippen molar-refractivity contribution in [1.29, 1.82) is 0 Å². The number of halogens is 1. The van der Waals surface area contributed by atoms with E-state index in [1.807, 2.05) is 0 Å². The highest BCUT2D eigenvalue weighted by Gasteiger charge is 2.17. The van der Waals surface area contributed by atoms with E-state index < -0.39 is 0 Å². The minimum absolute atomic E-state index is 0.0119. The predicted octanol–water partition coefficient (Wildman–Crippen LogP) is 2.81. The molecule has 0 aromatic carbocycles. The van der Waals surface area contributed by atoms with E-state index in [1.54, 1.807) is 6.07 Å². The molecule has 0 radical (unpaired) electrons. The molecule has 1 aromatic rings. The summed E-state index contributed by atoms with van der Waals surface area (Å²) < 4.78 is 0.699. The Kier molecular flexibility index (Phi) is 3.90. The van der Waals surface area contributed by atoms with Gasteiger partial charge in [0.1, 0.15) is 10.4 Å². The van der Waals surface area contributed by atoms with Gasteiger partial charge in [-0.25, -0.2) is 4.98 Å². The van der Waals surface area contributed by atoms with E-state index in [4.69, 9.17) is 5.73 Å². The standard InChI is InChI=1S/C10H17BrN4/c1-4-5-10(2,3)15-9-13-7(11)6-8(12)14-9/h6H,4-5H2,1-3H3,(H3,12,13,14,15). The summed E-state index contributed by atoms with van der Waals surface area (Å²) in [6.07, 6.45) is 2.17. The molecule has 0 spiro atoms. The van der Waals surface area contributed by atoms with Crippen LogP contribution in [0.25, 0.3) is 0 Å². The molecule has 0 fully saturated rings. The number of nitrogen functional groups attached to an aromatic ring is 1. The lowest BCUT2D eigenvalue weighted by atomic mass is 9.99. The monoisotopic (exact) mass is 272 g/mol. The van der Waals surface area contributed by atoms with Gasteiger partial charge in [0, 0.05) is 11.6 Å². The third-order valence-electron chi connectivity index (χ3n) is 2.04. The molecule has 0 bridgehead atoms. The Bertz CT molecular complexity index is 318. The molecule has 1 heterocycles. The third kappa shape index (κ3) is 4.03. The van der Waals surface area contributed by atoms with Gasteiger partial charge in [0.15, 0.2) is 0 Å². The molecule has 0 unspecified atom stereocenters. The summed E-state index contributed by atoms with van der Waals surface area (Å²) in [5.74, 6) is 1.03. The van der Waals surface area contributed by atoms with Crippen molar-refractivity contribution in [3.63, 3.8) is 0 Å². The second kappa shape index (κ2) is 4.79. The zero-order valence-electron chi connectivity index (χ0n) is 9.34. The van der Waals surface area contributed by atoms with Crippen LogP contribution in [0.4, 0.5) is 11.8 Å². The highest BCUT2D eigenvalue weighted by molar-refractivity contribution is 9.10. The SMILES string of the molecule is CCCC(C)(C)Nc1nc(N)cc(Br)n1. The van der Waals surface area contributed by atoms with Crippen LogP contribution in [0.2, 0.25) is 0 Å². The lowest BCUT2D eigenvalue weighted by Crippen LogP contribution is -2.31. The molecule has 1 aromatic heterocycles. The Hall–Kier alpha value is -0.840. The third-order valence-corrected chi connectivity index (χ3v) is 2.45. The lowest BCUT2D eigenvalue weighted by Gasteiger charge is -2.25. The molecule has 84 valence electrons. The van der Waals surface area contributed by atoms with Gasteiger partial charge >= 0.3 is 0 Å². The summed E-state index contributed by atoms with van der Waals surface area (Å²) in [5.41, 5.74) is 5.62. The number of nitrogens with zero attached hydrogens (tertiary/aromatic N) is 2. The molecule has 0 aliphatic heterocycles. The van der Waals surface area contributed by atoms with Crippen LogP contribution in [0.15, 0.2) is 10.7 Å². The fourth-order valence-corrected chi connectivity index (χ4v) is 1.88. The van der Waals surface area contributed by atoms with Gasteiger partial charge in [0.05, 0.1) is 0 Å². The normalized spacial score (nSPS) is 11.5. The van der Waals surface area contributed by atoms with Crippen LogP contribution in [0.3, 0.4) is 0 Å². The largest absolute Gasteiger partial charge is 0.383 e. The van der Waals surface area contributed by atoms with Crippen LogP contribution in [-0.4, -0.2) is 15.5 Å². The van der Waals surface area contributed by atoms with Crippen LogP contribution in [0, 0.1) is 0 Å². The van der Waals surface area contributed by atoms with Gasteiger partial charge in [-0.2, -0.15) is 4.98 Å². The highest BCUT2D eigenvalue weighted by atomic mass is 79.9. The van der Waals surface area contributed by atoms with E-state index in [-0.39, 0.29) is 5.54 Å². The van der Waals surface area contributed by atoms with E-state index in [0.29, 0.717) is 16.4 Å². The van der Waals surface area contributed by atoms with E-state index >= 15 is 0 Å². The first-order valence-electron chi connectivity index (χ1n) is 5.01. The maximum absolute atomic E-state index is 5.63. The summed E-state index contributed by atoms with van der Waals surface area (Å²) in [5, 5.41) is 3.27. The Balaban J connectivity index is 2.80. The summed E-state index contributed by atoms with van der Waals surface area (Å²) in [6, 6.07) is 1.68. The van der Waals surface area contributed by atoms with E-state index in [9.17, 15) is 0 Å².